The number of nitrogens with zero attached hydrogens (tertiary/aromatic N) is 4. The second-order valence-corrected chi connectivity index (χ2v) is 5.45. The van der Waals surface area contributed by atoms with Crippen molar-refractivity contribution in [1.82, 2.24) is 9.88 Å². The lowest BCUT2D eigenvalue weighted by Gasteiger charge is -2.32. The Labute approximate surface area is 123 Å². The van der Waals surface area contributed by atoms with Crippen molar-refractivity contribution in [2.45, 2.75) is 25.8 Å². The molecule has 2 amide bonds. The monoisotopic (exact) mass is 286 g/mol. The largest absolute Gasteiger partial charge is 0.378 e. The zero-order valence-corrected chi connectivity index (χ0v) is 12.1. The molecule has 0 unspecified atom stereocenters. The van der Waals surface area contributed by atoms with Crippen LogP contribution in [0.5, 0.6) is 0 Å². The van der Waals surface area contributed by atoms with Crippen molar-refractivity contribution in [2.75, 3.05) is 31.2 Å². The molecule has 0 spiro atoms. The molecule has 1 aliphatic carbocycles. The van der Waals surface area contributed by atoms with E-state index in [9.17, 15) is 4.79 Å². The third-order valence-corrected chi connectivity index (χ3v) is 3.72. The minimum absolute atomic E-state index is 0.0252. The quantitative estimate of drug-likeness (QED) is 0.829. The number of carbonyl (C=O) groups excluding carboxylic acids is 1. The molecule has 6 heteroatoms. The minimum atomic E-state index is -0.0252. The van der Waals surface area contributed by atoms with Gasteiger partial charge in [0.05, 0.1) is 24.8 Å². The SMILES string of the molecule is Cc1cc(C#N)cc(N(C(=O)N2CCOCC2)C2CC2)n1. The topological polar surface area (TPSA) is 69.5 Å². The molecular formula is C15H18N4O2. The van der Waals surface area contributed by atoms with Gasteiger partial charge in [-0.2, -0.15) is 5.26 Å². The molecule has 0 radical (unpaired) electrons. The van der Waals surface area contributed by atoms with Crippen LogP contribution in [0.1, 0.15) is 24.1 Å². The third-order valence-electron chi connectivity index (χ3n) is 3.72. The van der Waals surface area contributed by atoms with Gasteiger partial charge < -0.3 is 9.64 Å². The van der Waals surface area contributed by atoms with Crippen LogP contribution in [0.25, 0.3) is 0 Å². The Morgan fingerprint density at radius 2 is 2.14 bits per heavy atom. The molecule has 6 nitrogen and oxygen atoms in total. The maximum Gasteiger partial charge on any atom is 0.326 e. The minimum Gasteiger partial charge on any atom is -0.378 e. The number of rotatable bonds is 2. The van der Waals surface area contributed by atoms with Gasteiger partial charge in [0.25, 0.3) is 0 Å². The smallest absolute Gasteiger partial charge is 0.326 e. The van der Waals surface area contributed by atoms with Gasteiger partial charge in [0.15, 0.2) is 0 Å². The van der Waals surface area contributed by atoms with Gasteiger partial charge in [0, 0.05) is 24.8 Å². The van der Waals surface area contributed by atoms with E-state index in [-0.39, 0.29) is 12.1 Å². The number of hydrogen-bond acceptors (Lipinski definition) is 4. The fourth-order valence-electron chi connectivity index (χ4n) is 2.52. The standard InChI is InChI=1S/C15H18N4O2/c1-11-8-12(10-16)9-14(17-11)19(13-2-3-13)15(20)18-4-6-21-7-5-18/h8-9,13H,2-7H2,1H3. The van der Waals surface area contributed by atoms with Crippen LogP contribution in [0.3, 0.4) is 0 Å². The number of hydrogen-bond donors (Lipinski definition) is 0. The molecule has 1 saturated carbocycles. The van der Waals surface area contributed by atoms with E-state index in [1.165, 1.54) is 0 Å². The van der Waals surface area contributed by atoms with Crippen LogP contribution >= 0.6 is 0 Å². The van der Waals surface area contributed by atoms with Crippen molar-refractivity contribution in [3.63, 3.8) is 0 Å². The lowest BCUT2D eigenvalue weighted by molar-refractivity contribution is 0.0547. The summed E-state index contributed by atoms with van der Waals surface area (Å²) >= 11 is 0. The second kappa shape index (κ2) is 5.70. The van der Waals surface area contributed by atoms with Gasteiger partial charge in [-0.15, -0.1) is 0 Å². The van der Waals surface area contributed by atoms with Gasteiger partial charge in [0.1, 0.15) is 5.82 Å². The first-order valence-corrected chi connectivity index (χ1v) is 7.23. The van der Waals surface area contributed by atoms with Crippen molar-refractivity contribution < 1.29 is 9.53 Å². The molecule has 1 aliphatic heterocycles. The number of urea groups is 1. The summed E-state index contributed by atoms with van der Waals surface area (Å²) in [4.78, 5) is 20.8. The van der Waals surface area contributed by atoms with Gasteiger partial charge in [0.2, 0.25) is 0 Å². The highest BCUT2D eigenvalue weighted by atomic mass is 16.5. The average molecular weight is 286 g/mol. The number of amides is 2. The third kappa shape index (κ3) is 2.98. The Hall–Kier alpha value is -2.13. The lowest BCUT2D eigenvalue weighted by Crippen LogP contribution is -2.49. The summed E-state index contributed by atoms with van der Waals surface area (Å²) in [6.45, 7) is 4.22. The zero-order valence-electron chi connectivity index (χ0n) is 12.1. The van der Waals surface area contributed by atoms with Crippen LogP contribution in [0.2, 0.25) is 0 Å². The molecule has 0 atom stereocenters. The summed E-state index contributed by atoms with van der Waals surface area (Å²) in [6, 6.07) is 5.74. The van der Waals surface area contributed by atoms with Gasteiger partial charge in [-0.25, -0.2) is 9.78 Å². The first-order valence-electron chi connectivity index (χ1n) is 7.23. The average Bonchev–Trinajstić information content (AvgIpc) is 3.32. The zero-order chi connectivity index (χ0) is 14.8. The molecule has 21 heavy (non-hydrogen) atoms. The Morgan fingerprint density at radius 1 is 1.43 bits per heavy atom. The van der Waals surface area contributed by atoms with E-state index in [4.69, 9.17) is 10.00 Å². The van der Waals surface area contributed by atoms with Crippen molar-refractivity contribution in [3.05, 3.63) is 23.4 Å². The van der Waals surface area contributed by atoms with Gasteiger partial charge in [-0.1, -0.05) is 0 Å². The summed E-state index contributed by atoms with van der Waals surface area (Å²) in [5, 5.41) is 9.10. The highest BCUT2D eigenvalue weighted by molar-refractivity contribution is 5.92. The fraction of sp³-hybridized carbons (Fsp3) is 0.533. The van der Waals surface area contributed by atoms with Crippen LogP contribution in [0.15, 0.2) is 12.1 Å². The van der Waals surface area contributed by atoms with E-state index < -0.39 is 0 Å². The van der Waals surface area contributed by atoms with Gasteiger partial charge in [-0.3, -0.25) is 4.90 Å². The summed E-state index contributed by atoms with van der Waals surface area (Å²) < 4.78 is 5.30. The van der Waals surface area contributed by atoms with Crippen molar-refractivity contribution >= 4 is 11.8 Å². The van der Waals surface area contributed by atoms with E-state index in [1.54, 1.807) is 21.9 Å². The molecule has 2 heterocycles. The van der Waals surface area contributed by atoms with Crippen LogP contribution in [-0.2, 0) is 4.74 Å². The molecule has 3 rings (SSSR count). The molecule has 0 bridgehead atoms. The van der Waals surface area contributed by atoms with Crippen molar-refractivity contribution in [1.29, 1.82) is 5.26 Å². The van der Waals surface area contributed by atoms with E-state index in [2.05, 4.69) is 11.1 Å². The van der Waals surface area contributed by atoms with Crippen LogP contribution < -0.4 is 4.90 Å². The molecule has 1 saturated heterocycles. The Bertz CT molecular complexity index is 586. The van der Waals surface area contributed by atoms with Crippen LogP contribution in [0, 0.1) is 18.3 Å². The van der Waals surface area contributed by atoms with Gasteiger partial charge >= 0.3 is 6.03 Å². The molecule has 2 fully saturated rings. The molecule has 0 aromatic carbocycles. The Balaban J connectivity index is 1.89. The van der Waals surface area contributed by atoms with Crippen molar-refractivity contribution in [2.24, 2.45) is 0 Å². The Morgan fingerprint density at radius 3 is 2.76 bits per heavy atom. The summed E-state index contributed by atoms with van der Waals surface area (Å²) in [7, 11) is 0. The Kier molecular flexibility index (Phi) is 3.76. The molecule has 2 aliphatic rings. The molecule has 0 N–H and O–H groups in total. The lowest BCUT2D eigenvalue weighted by atomic mass is 10.2. The van der Waals surface area contributed by atoms with E-state index in [0.717, 1.165) is 18.5 Å². The highest BCUT2D eigenvalue weighted by Crippen LogP contribution is 2.32. The molecular weight excluding hydrogens is 268 g/mol. The fourth-order valence-corrected chi connectivity index (χ4v) is 2.52. The normalized spacial score (nSPS) is 18.2. The van der Waals surface area contributed by atoms with Gasteiger partial charge in [-0.05, 0) is 31.9 Å². The maximum absolute atomic E-state index is 12.8. The highest BCUT2D eigenvalue weighted by Gasteiger charge is 2.37. The van der Waals surface area contributed by atoms with E-state index in [1.807, 2.05) is 6.92 Å². The summed E-state index contributed by atoms with van der Waals surface area (Å²) in [5.74, 6) is 0.588. The second-order valence-electron chi connectivity index (χ2n) is 5.45. The summed E-state index contributed by atoms with van der Waals surface area (Å²) in [5.41, 5.74) is 1.29. The molecule has 1 aromatic heterocycles. The van der Waals surface area contributed by atoms with E-state index in [0.29, 0.717) is 37.7 Å². The number of ether oxygens (including phenoxy) is 1. The number of pyridine rings is 1. The first kappa shape index (κ1) is 13.8. The number of carbonyl (C=O) groups is 1. The first-order chi connectivity index (χ1) is 10.2. The number of aryl methyl sites for hydroxylation is 1. The van der Waals surface area contributed by atoms with Crippen LogP contribution in [-0.4, -0.2) is 48.3 Å². The number of morpholine rings is 1. The number of nitriles is 1. The molecule has 1 aromatic rings. The number of aromatic nitrogens is 1. The van der Waals surface area contributed by atoms with Crippen LogP contribution in [0.4, 0.5) is 10.6 Å². The summed E-state index contributed by atoms with van der Waals surface area (Å²) in [6.07, 6.45) is 1.99. The predicted octanol–water partition coefficient (Wildman–Crippen LogP) is 1.68. The molecule has 110 valence electrons. The van der Waals surface area contributed by atoms with Crippen molar-refractivity contribution in [3.8, 4) is 6.07 Å². The van der Waals surface area contributed by atoms with E-state index >= 15 is 0 Å². The number of anilines is 1. The maximum atomic E-state index is 12.8. The predicted molar refractivity (Wildman–Crippen MR) is 77.0 cm³/mol.